The minimum atomic E-state index is -0.299. The lowest BCUT2D eigenvalue weighted by Crippen LogP contribution is -2.50. The van der Waals surface area contributed by atoms with Gasteiger partial charge in [-0.3, -0.25) is 14.6 Å². The number of aromatic amines is 1. The van der Waals surface area contributed by atoms with Gasteiger partial charge in [0.1, 0.15) is 5.75 Å². The second-order valence-corrected chi connectivity index (χ2v) is 9.56. The Morgan fingerprint density at radius 1 is 1.24 bits per heavy atom. The van der Waals surface area contributed by atoms with Crippen LogP contribution < -0.4 is 20.5 Å². The average Bonchev–Trinajstić information content (AvgIpc) is 2.74. The molecule has 1 amide bonds. The van der Waals surface area contributed by atoms with Crippen molar-refractivity contribution >= 4 is 23.2 Å². The molecule has 0 fully saturated rings. The van der Waals surface area contributed by atoms with Crippen molar-refractivity contribution in [3.63, 3.8) is 0 Å². The second kappa shape index (κ2) is 8.97. The summed E-state index contributed by atoms with van der Waals surface area (Å²) in [6.45, 7) is 12.5. The molecular formula is C27H32N4O3. The predicted molar refractivity (Wildman–Crippen MR) is 136 cm³/mol. The third-order valence-corrected chi connectivity index (χ3v) is 6.32. The predicted octanol–water partition coefficient (Wildman–Crippen LogP) is 5.53. The number of carbonyl (C=O) groups excluding carboxylic acids is 1. The van der Waals surface area contributed by atoms with E-state index in [4.69, 9.17) is 9.72 Å². The van der Waals surface area contributed by atoms with E-state index in [9.17, 15) is 9.59 Å². The van der Waals surface area contributed by atoms with E-state index in [-0.39, 0.29) is 17.0 Å². The topological polar surface area (TPSA) is 87.3 Å². The van der Waals surface area contributed by atoms with Crippen molar-refractivity contribution in [3.05, 3.63) is 63.9 Å². The second-order valence-electron chi connectivity index (χ2n) is 9.56. The number of hydrogen-bond acceptors (Lipinski definition) is 5. The summed E-state index contributed by atoms with van der Waals surface area (Å²) < 4.78 is 5.48. The molecule has 4 rings (SSSR count). The standard InChI is InChI=1S/C27H32N4O3/c1-7-34-20-10-8-19(9-11-20)28-26-29-23(14-25(33)30-26)21-13-24-22(12-16(21)2)17(3)15-27(5,6)31(24)18(4)32/h8-14,17H,7,15H2,1-6H3,(H2,28,29,30,33). The van der Waals surface area contributed by atoms with Crippen LogP contribution in [0.2, 0.25) is 0 Å². The van der Waals surface area contributed by atoms with Crippen molar-refractivity contribution in [2.75, 3.05) is 16.8 Å². The number of benzene rings is 2. The van der Waals surface area contributed by atoms with E-state index in [1.54, 1.807) is 6.92 Å². The van der Waals surface area contributed by atoms with E-state index in [2.05, 4.69) is 37.1 Å². The molecule has 0 bridgehead atoms. The van der Waals surface area contributed by atoms with Crippen LogP contribution in [-0.4, -0.2) is 28.0 Å². The monoisotopic (exact) mass is 460 g/mol. The fraction of sp³-hybridized carbons (Fsp3) is 0.370. The summed E-state index contributed by atoms with van der Waals surface area (Å²) in [5.41, 5.74) is 4.66. The van der Waals surface area contributed by atoms with Gasteiger partial charge in [0.25, 0.3) is 5.56 Å². The zero-order valence-corrected chi connectivity index (χ0v) is 20.7. The molecule has 1 aromatic heterocycles. The molecular weight excluding hydrogens is 428 g/mol. The van der Waals surface area contributed by atoms with Gasteiger partial charge < -0.3 is 15.0 Å². The molecule has 34 heavy (non-hydrogen) atoms. The van der Waals surface area contributed by atoms with E-state index in [1.807, 2.05) is 49.1 Å². The maximum absolute atomic E-state index is 12.6. The fourth-order valence-corrected chi connectivity index (χ4v) is 5.05. The first-order chi connectivity index (χ1) is 16.1. The largest absolute Gasteiger partial charge is 0.494 e. The normalized spacial score (nSPS) is 16.6. The molecule has 0 saturated heterocycles. The smallest absolute Gasteiger partial charge is 0.252 e. The van der Waals surface area contributed by atoms with Crippen LogP contribution >= 0.6 is 0 Å². The van der Waals surface area contributed by atoms with Gasteiger partial charge in [-0.2, -0.15) is 0 Å². The molecule has 2 heterocycles. The quantitative estimate of drug-likeness (QED) is 0.523. The molecule has 1 aliphatic rings. The third kappa shape index (κ3) is 4.55. The Bertz CT molecular complexity index is 1280. The van der Waals surface area contributed by atoms with E-state index in [0.29, 0.717) is 24.2 Å². The summed E-state index contributed by atoms with van der Waals surface area (Å²) in [6, 6.07) is 13.1. The molecule has 7 heteroatoms. The zero-order valence-electron chi connectivity index (χ0n) is 20.7. The van der Waals surface area contributed by atoms with Gasteiger partial charge in [-0.1, -0.05) is 13.0 Å². The van der Waals surface area contributed by atoms with Crippen LogP contribution in [0.25, 0.3) is 11.3 Å². The summed E-state index contributed by atoms with van der Waals surface area (Å²) in [6.07, 6.45) is 0.887. The fourth-order valence-electron chi connectivity index (χ4n) is 5.05. The summed E-state index contributed by atoms with van der Waals surface area (Å²) in [7, 11) is 0. The van der Waals surface area contributed by atoms with Gasteiger partial charge in [-0.15, -0.1) is 0 Å². The van der Waals surface area contributed by atoms with Crippen LogP contribution in [0.3, 0.4) is 0 Å². The van der Waals surface area contributed by atoms with E-state index in [0.717, 1.165) is 40.2 Å². The van der Waals surface area contributed by atoms with E-state index < -0.39 is 0 Å². The van der Waals surface area contributed by atoms with Crippen molar-refractivity contribution in [1.82, 2.24) is 9.97 Å². The summed E-state index contributed by atoms with van der Waals surface area (Å²) >= 11 is 0. The van der Waals surface area contributed by atoms with Gasteiger partial charge >= 0.3 is 0 Å². The average molecular weight is 461 g/mol. The maximum Gasteiger partial charge on any atom is 0.252 e. The highest BCUT2D eigenvalue weighted by Gasteiger charge is 2.39. The Balaban J connectivity index is 1.75. The highest BCUT2D eigenvalue weighted by molar-refractivity contribution is 5.95. The van der Waals surface area contributed by atoms with Crippen LogP contribution in [0.5, 0.6) is 5.75 Å². The number of H-pyrrole nitrogens is 1. The Morgan fingerprint density at radius 2 is 1.94 bits per heavy atom. The lowest BCUT2D eigenvalue weighted by molar-refractivity contribution is -0.117. The van der Waals surface area contributed by atoms with Crippen LogP contribution in [-0.2, 0) is 4.79 Å². The Hall–Kier alpha value is -3.61. The molecule has 2 N–H and O–H groups in total. The Kier molecular flexibility index (Phi) is 6.21. The molecule has 1 atom stereocenters. The lowest BCUT2D eigenvalue weighted by Gasteiger charge is -2.46. The molecule has 2 aromatic carbocycles. The number of amides is 1. The van der Waals surface area contributed by atoms with Crippen molar-refractivity contribution in [2.45, 2.75) is 59.4 Å². The third-order valence-electron chi connectivity index (χ3n) is 6.32. The molecule has 3 aromatic rings. The lowest BCUT2D eigenvalue weighted by atomic mass is 9.78. The first-order valence-corrected chi connectivity index (χ1v) is 11.7. The number of hydrogen-bond donors (Lipinski definition) is 2. The minimum Gasteiger partial charge on any atom is -0.494 e. The maximum atomic E-state index is 12.6. The van der Waals surface area contributed by atoms with Gasteiger partial charge in [0.05, 0.1) is 12.3 Å². The van der Waals surface area contributed by atoms with Crippen LogP contribution in [0.15, 0.2) is 47.3 Å². The molecule has 0 saturated carbocycles. The zero-order chi connectivity index (χ0) is 24.6. The number of aryl methyl sites for hydroxylation is 1. The molecule has 178 valence electrons. The molecule has 0 spiro atoms. The van der Waals surface area contributed by atoms with E-state index >= 15 is 0 Å². The van der Waals surface area contributed by atoms with Crippen molar-refractivity contribution in [3.8, 4) is 17.0 Å². The van der Waals surface area contributed by atoms with Gasteiger partial charge in [0, 0.05) is 35.5 Å². The molecule has 1 aliphatic heterocycles. The number of nitrogens with zero attached hydrogens (tertiary/aromatic N) is 2. The molecule has 0 aliphatic carbocycles. The van der Waals surface area contributed by atoms with Crippen molar-refractivity contribution in [1.29, 1.82) is 0 Å². The van der Waals surface area contributed by atoms with Crippen LogP contribution in [0, 0.1) is 6.92 Å². The SMILES string of the molecule is CCOc1ccc(Nc2nc(-c3cc4c(cc3C)C(C)CC(C)(C)N4C(C)=O)cc(=O)[nH]2)cc1. The minimum absolute atomic E-state index is 0.00433. The first kappa shape index (κ1) is 23.5. The number of nitrogens with one attached hydrogen (secondary N) is 2. The van der Waals surface area contributed by atoms with Gasteiger partial charge in [0.15, 0.2) is 0 Å². The highest BCUT2D eigenvalue weighted by Crippen LogP contribution is 2.45. The van der Waals surface area contributed by atoms with Crippen LogP contribution in [0.1, 0.15) is 58.1 Å². The molecule has 0 radical (unpaired) electrons. The Labute approximate surface area is 200 Å². The van der Waals surface area contributed by atoms with Gasteiger partial charge in [-0.05, 0) is 81.5 Å². The van der Waals surface area contributed by atoms with Gasteiger partial charge in [0.2, 0.25) is 11.9 Å². The number of carbonyl (C=O) groups is 1. The van der Waals surface area contributed by atoms with E-state index in [1.165, 1.54) is 6.07 Å². The number of ether oxygens (including phenoxy) is 1. The number of fused-ring (bicyclic) bond motifs is 1. The summed E-state index contributed by atoms with van der Waals surface area (Å²) in [4.78, 5) is 34.5. The first-order valence-electron chi connectivity index (χ1n) is 11.7. The number of rotatable bonds is 5. The Morgan fingerprint density at radius 3 is 2.59 bits per heavy atom. The number of anilines is 3. The molecule has 1 unspecified atom stereocenters. The molecule has 7 nitrogen and oxygen atoms in total. The number of aromatic nitrogens is 2. The van der Waals surface area contributed by atoms with Gasteiger partial charge in [-0.25, -0.2) is 4.98 Å². The summed E-state index contributed by atoms with van der Waals surface area (Å²) in [5, 5.41) is 3.17. The highest BCUT2D eigenvalue weighted by atomic mass is 16.5. The van der Waals surface area contributed by atoms with Crippen molar-refractivity contribution in [2.24, 2.45) is 0 Å². The summed E-state index contributed by atoms with van der Waals surface area (Å²) in [5.74, 6) is 1.45. The van der Waals surface area contributed by atoms with Crippen LogP contribution in [0.4, 0.5) is 17.3 Å². The van der Waals surface area contributed by atoms with Crippen molar-refractivity contribution < 1.29 is 9.53 Å².